The highest BCUT2D eigenvalue weighted by Crippen LogP contribution is 2.26. The van der Waals surface area contributed by atoms with Crippen LogP contribution >= 0.6 is 11.8 Å². The van der Waals surface area contributed by atoms with Crippen molar-refractivity contribution in [1.29, 1.82) is 0 Å². The number of hydrogen-bond acceptors (Lipinski definition) is 4. The number of amides is 1. The number of benzene rings is 2. The third kappa shape index (κ3) is 3.88. The highest BCUT2D eigenvalue weighted by atomic mass is 32.2. The molecule has 0 spiro atoms. The van der Waals surface area contributed by atoms with Gasteiger partial charge in [-0.25, -0.2) is 4.98 Å². The van der Waals surface area contributed by atoms with E-state index in [1.807, 2.05) is 61.2 Å². The van der Waals surface area contributed by atoms with E-state index in [9.17, 15) is 9.59 Å². The maximum Gasteiger partial charge on any atom is 0.266 e. The van der Waals surface area contributed by atoms with Crippen molar-refractivity contribution in [3.05, 3.63) is 63.9 Å². The van der Waals surface area contributed by atoms with Gasteiger partial charge >= 0.3 is 0 Å². The molecule has 0 bridgehead atoms. The third-order valence-corrected chi connectivity index (χ3v) is 6.78. The van der Waals surface area contributed by atoms with Crippen LogP contribution in [0.4, 0.5) is 0 Å². The van der Waals surface area contributed by atoms with E-state index in [0.717, 1.165) is 36.2 Å². The third-order valence-electron chi connectivity index (χ3n) is 5.86. The van der Waals surface area contributed by atoms with Gasteiger partial charge in [0.25, 0.3) is 5.56 Å². The van der Waals surface area contributed by atoms with Gasteiger partial charge in [0.05, 0.1) is 22.3 Å². The minimum Gasteiger partial charge on any atom is -0.339 e. The molecule has 0 saturated carbocycles. The summed E-state index contributed by atoms with van der Waals surface area (Å²) in [5.74, 6) is 0.391. The van der Waals surface area contributed by atoms with Gasteiger partial charge in [-0.05, 0) is 63.3 Å². The standard InChI is InChI=1S/C24H27N3O2S/c1-16-9-8-10-17(2)22(16)27-23(29)19-12-4-5-13-20(19)25-24(27)30-15-21(28)26-14-7-6-11-18(26)3/h4-5,8-10,12-13,18H,6-7,11,14-15H2,1-3H3/t18-/m1/s1. The number of para-hydroxylation sites is 2. The van der Waals surface area contributed by atoms with Crippen LogP contribution < -0.4 is 5.56 Å². The second-order valence-corrected chi connectivity index (χ2v) is 8.96. The summed E-state index contributed by atoms with van der Waals surface area (Å²) in [6.07, 6.45) is 3.29. The molecule has 1 aliphatic heterocycles. The molecule has 1 aliphatic rings. The SMILES string of the molecule is Cc1cccc(C)c1-n1c(SCC(=O)N2CCCC[C@H]2C)nc2ccccc2c1=O. The molecule has 156 valence electrons. The molecular formula is C24H27N3O2S. The number of thioether (sulfide) groups is 1. The molecule has 2 heterocycles. The maximum atomic E-state index is 13.5. The van der Waals surface area contributed by atoms with Crippen LogP contribution in [0.25, 0.3) is 16.6 Å². The van der Waals surface area contributed by atoms with Crippen molar-refractivity contribution in [2.24, 2.45) is 0 Å². The summed E-state index contributed by atoms with van der Waals surface area (Å²) < 4.78 is 1.69. The van der Waals surface area contributed by atoms with Crippen LogP contribution in [0.2, 0.25) is 0 Å². The summed E-state index contributed by atoms with van der Waals surface area (Å²) in [7, 11) is 0. The van der Waals surface area contributed by atoms with E-state index in [1.54, 1.807) is 4.57 Å². The fourth-order valence-corrected chi connectivity index (χ4v) is 5.13. The minimum absolute atomic E-state index is 0.0979. The van der Waals surface area contributed by atoms with Gasteiger partial charge in [0.1, 0.15) is 0 Å². The monoisotopic (exact) mass is 421 g/mol. The zero-order valence-corrected chi connectivity index (χ0v) is 18.5. The Labute approximate surface area is 181 Å². The average Bonchev–Trinajstić information content (AvgIpc) is 2.74. The molecule has 0 aliphatic carbocycles. The number of aromatic nitrogens is 2. The van der Waals surface area contributed by atoms with Gasteiger partial charge in [0.15, 0.2) is 5.16 Å². The van der Waals surface area contributed by atoms with Crippen molar-refractivity contribution in [3.8, 4) is 5.69 Å². The molecule has 4 rings (SSSR count). The smallest absolute Gasteiger partial charge is 0.266 e. The van der Waals surface area contributed by atoms with Gasteiger partial charge in [-0.2, -0.15) is 0 Å². The van der Waals surface area contributed by atoms with E-state index >= 15 is 0 Å². The Bertz CT molecular complexity index is 1130. The normalized spacial score (nSPS) is 16.8. The Hall–Kier alpha value is -2.60. The average molecular weight is 422 g/mol. The summed E-state index contributed by atoms with van der Waals surface area (Å²) >= 11 is 1.35. The fraction of sp³-hybridized carbons (Fsp3) is 0.375. The van der Waals surface area contributed by atoms with Gasteiger partial charge in [0, 0.05) is 12.6 Å². The van der Waals surface area contributed by atoms with Crippen molar-refractivity contribution in [2.45, 2.75) is 51.2 Å². The Balaban J connectivity index is 1.77. The Morgan fingerprint density at radius 1 is 1.10 bits per heavy atom. The summed E-state index contributed by atoms with van der Waals surface area (Å²) in [4.78, 5) is 33.1. The molecule has 5 nitrogen and oxygen atoms in total. The second kappa shape index (κ2) is 8.64. The van der Waals surface area contributed by atoms with Gasteiger partial charge in [-0.3, -0.25) is 14.2 Å². The molecule has 2 aromatic carbocycles. The lowest BCUT2D eigenvalue weighted by atomic mass is 10.0. The molecule has 0 unspecified atom stereocenters. The van der Waals surface area contributed by atoms with E-state index in [4.69, 9.17) is 4.98 Å². The minimum atomic E-state index is -0.0979. The molecule has 1 atom stereocenters. The maximum absolute atomic E-state index is 13.5. The van der Waals surface area contributed by atoms with Crippen molar-refractivity contribution in [1.82, 2.24) is 14.5 Å². The predicted octanol–water partition coefficient (Wildman–Crippen LogP) is 4.50. The number of carbonyl (C=O) groups excluding carboxylic acids is 1. The summed E-state index contributed by atoms with van der Waals surface area (Å²) in [5.41, 5.74) is 3.42. The van der Waals surface area contributed by atoms with Gasteiger partial charge in [-0.15, -0.1) is 0 Å². The van der Waals surface area contributed by atoms with E-state index in [0.29, 0.717) is 16.1 Å². The Morgan fingerprint density at radius 2 is 1.83 bits per heavy atom. The molecule has 0 N–H and O–H groups in total. The Kier molecular flexibility index (Phi) is 5.95. The molecule has 1 saturated heterocycles. The molecular weight excluding hydrogens is 394 g/mol. The molecule has 0 radical (unpaired) electrons. The molecule has 3 aromatic rings. The van der Waals surface area contributed by atoms with Crippen LogP contribution in [0.5, 0.6) is 0 Å². The van der Waals surface area contributed by atoms with Crippen LogP contribution in [-0.4, -0.2) is 38.7 Å². The lowest BCUT2D eigenvalue weighted by Crippen LogP contribution is -2.43. The van der Waals surface area contributed by atoms with Gasteiger partial charge in [0.2, 0.25) is 5.91 Å². The van der Waals surface area contributed by atoms with E-state index in [-0.39, 0.29) is 23.3 Å². The number of hydrogen-bond donors (Lipinski definition) is 0. The first-order valence-electron chi connectivity index (χ1n) is 10.5. The van der Waals surface area contributed by atoms with Crippen molar-refractivity contribution >= 4 is 28.6 Å². The van der Waals surface area contributed by atoms with Crippen LogP contribution in [0, 0.1) is 13.8 Å². The largest absolute Gasteiger partial charge is 0.339 e. The zero-order valence-electron chi connectivity index (χ0n) is 17.7. The second-order valence-electron chi connectivity index (χ2n) is 8.01. The first-order valence-corrected chi connectivity index (χ1v) is 11.5. The van der Waals surface area contributed by atoms with Crippen molar-refractivity contribution in [2.75, 3.05) is 12.3 Å². The van der Waals surface area contributed by atoms with E-state index in [2.05, 4.69) is 6.92 Å². The molecule has 30 heavy (non-hydrogen) atoms. The summed E-state index contributed by atoms with van der Waals surface area (Å²) in [6, 6.07) is 13.7. The quantitative estimate of drug-likeness (QED) is 0.460. The Morgan fingerprint density at radius 3 is 2.57 bits per heavy atom. The summed E-state index contributed by atoms with van der Waals surface area (Å²) in [5, 5.41) is 1.15. The van der Waals surface area contributed by atoms with Crippen molar-refractivity contribution < 1.29 is 4.79 Å². The first-order chi connectivity index (χ1) is 14.5. The number of aryl methyl sites for hydroxylation is 2. The molecule has 1 aromatic heterocycles. The first kappa shape index (κ1) is 20.7. The van der Waals surface area contributed by atoms with Gasteiger partial charge in [-0.1, -0.05) is 42.1 Å². The fourth-order valence-electron chi connectivity index (χ4n) is 4.24. The van der Waals surface area contributed by atoms with Crippen LogP contribution in [0.15, 0.2) is 52.4 Å². The molecule has 6 heteroatoms. The van der Waals surface area contributed by atoms with Crippen molar-refractivity contribution in [3.63, 3.8) is 0 Å². The number of piperidine rings is 1. The van der Waals surface area contributed by atoms with Gasteiger partial charge < -0.3 is 4.90 Å². The van der Waals surface area contributed by atoms with Crippen LogP contribution in [0.3, 0.4) is 0 Å². The number of nitrogens with zero attached hydrogens (tertiary/aromatic N) is 3. The summed E-state index contributed by atoms with van der Waals surface area (Å²) in [6.45, 7) is 6.93. The van der Waals surface area contributed by atoms with E-state index < -0.39 is 0 Å². The van der Waals surface area contributed by atoms with Crippen LogP contribution in [-0.2, 0) is 4.79 Å². The highest BCUT2D eigenvalue weighted by molar-refractivity contribution is 7.99. The number of rotatable bonds is 4. The van der Waals surface area contributed by atoms with Crippen LogP contribution in [0.1, 0.15) is 37.3 Å². The molecule has 1 amide bonds. The van der Waals surface area contributed by atoms with E-state index in [1.165, 1.54) is 18.2 Å². The zero-order chi connectivity index (χ0) is 21.3. The number of fused-ring (bicyclic) bond motifs is 1. The number of likely N-dealkylation sites (tertiary alicyclic amines) is 1. The molecule has 1 fully saturated rings. The predicted molar refractivity (Wildman–Crippen MR) is 123 cm³/mol. The highest BCUT2D eigenvalue weighted by Gasteiger charge is 2.24. The topological polar surface area (TPSA) is 55.2 Å². The lowest BCUT2D eigenvalue weighted by Gasteiger charge is -2.33. The number of carbonyl (C=O) groups is 1. The lowest BCUT2D eigenvalue weighted by molar-refractivity contribution is -0.131.